The predicted molar refractivity (Wildman–Crippen MR) is 73.7 cm³/mol. The van der Waals surface area contributed by atoms with Crippen LogP contribution in [0.5, 0.6) is 5.75 Å². The number of aliphatic carboxylic acids is 1. The maximum atomic E-state index is 11.7. The first-order valence-electron chi connectivity index (χ1n) is 6.67. The number of rotatable bonds is 6. The highest BCUT2D eigenvalue weighted by Gasteiger charge is 2.48. The van der Waals surface area contributed by atoms with Gasteiger partial charge in [-0.2, -0.15) is 0 Å². The lowest BCUT2D eigenvalue weighted by Gasteiger charge is -2.08. The Labute approximate surface area is 117 Å². The van der Waals surface area contributed by atoms with Crippen molar-refractivity contribution < 1.29 is 19.4 Å². The molecule has 1 aromatic rings. The molecule has 1 fully saturated rings. The number of methoxy groups -OCH3 is 1. The van der Waals surface area contributed by atoms with Crippen LogP contribution in [0, 0.1) is 18.8 Å². The van der Waals surface area contributed by atoms with Crippen LogP contribution in [-0.2, 0) is 16.0 Å². The van der Waals surface area contributed by atoms with Crippen LogP contribution in [0.1, 0.15) is 17.5 Å². The number of carboxylic acids is 1. The van der Waals surface area contributed by atoms with E-state index in [1.54, 1.807) is 7.11 Å². The summed E-state index contributed by atoms with van der Waals surface area (Å²) in [6.45, 7) is 2.48. The van der Waals surface area contributed by atoms with Crippen LogP contribution >= 0.6 is 0 Å². The van der Waals surface area contributed by atoms with Gasteiger partial charge in [0.2, 0.25) is 5.91 Å². The fourth-order valence-corrected chi connectivity index (χ4v) is 2.24. The van der Waals surface area contributed by atoms with Gasteiger partial charge in [0.05, 0.1) is 18.9 Å². The molecule has 1 amide bonds. The van der Waals surface area contributed by atoms with Gasteiger partial charge >= 0.3 is 5.97 Å². The van der Waals surface area contributed by atoms with Crippen LogP contribution in [0.15, 0.2) is 18.2 Å². The smallest absolute Gasteiger partial charge is 0.307 e. The number of ether oxygens (including phenoxy) is 1. The molecule has 0 aromatic heterocycles. The van der Waals surface area contributed by atoms with Crippen molar-refractivity contribution in [2.75, 3.05) is 13.7 Å². The van der Waals surface area contributed by atoms with E-state index >= 15 is 0 Å². The van der Waals surface area contributed by atoms with E-state index < -0.39 is 11.9 Å². The monoisotopic (exact) mass is 277 g/mol. The number of benzene rings is 1. The van der Waals surface area contributed by atoms with Crippen LogP contribution in [0.3, 0.4) is 0 Å². The normalized spacial score (nSPS) is 20.3. The Morgan fingerprint density at radius 2 is 2.15 bits per heavy atom. The van der Waals surface area contributed by atoms with Gasteiger partial charge in [-0.1, -0.05) is 12.1 Å². The molecular weight excluding hydrogens is 258 g/mol. The van der Waals surface area contributed by atoms with E-state index in [9.17, 15) is 9.59 Å². The molecule has 2 rings (SSSR count). The summed E-state index contributed by atoms with van der Waals surface area (Å²) in [5.41, 5.74) is 2.15. The molecule has 0 saturated heterocycles. The van der Waals surface area contributed by atoms with Gasteiger partial charge in [0, 0.05) is 6.54 Å². The lowest BCUT2D eigenvalue weighted by Crippen LogP contribution is -2.28. The van der Waals surface area contributed by atoms with Gasteiger partial charge in [0.1, 0.15) is 5.75 Å². The summed E-state index contributed by atoms with van der Waals surface area (Å²) in [5.74, 6) is -1.04. The summed E-state index contributed by atoms with van der Waals surface area (Å²) in [6, 6.07) is 5.94. The van der Waals surface area contributed by atoms with Crippen molar-refractivity contribution in [2.45, 2.75) is 19.8 Å². The zero-order valence-electron chi connectivity index (χ0n) is 11.7. The Balaban J connectivity index is 1.79. The van der Waals surface area contributed by atoms with Crippen LogP contribution < -0.4 is 10.1 Å². The van der Waals surface area contributed by atoms with Gasteiger partial charge in [0.25, 0.3) is 0 Å². The van der Waals surface area contributed by atoms with E-state index in [2.05, 4.69) is 5.32 Å². The number of aryl methyl sites for hydroxylation is 1. The average Bonchev–Trinajstić information content (AvgIpc) is 3.21. The highest BCUT2D eigenvalue weighted by atomic mass is 16.5. The van der Waals surface area contributed by atoms with Gasteiger partial charge in [0.15, 0.2) is 0 Å². The maximum Gasteiger partial charge on any atom is 0.307 e. The van der Waals surface area contributed by atoms with E-state index in [1.165, 1.54) is 0 Å². The second-order valence-electron chi connectivity index (χ2n) is 5.13. The van der Waals surface area contributed by atoms with Gasteiger partial charge in [-0.15, -0.1) is 0 Å². The quantitative estimate of drug-likeness (QED) is 0.823. The predicted octanol–water partition coefficient (Wildman–Crippen LogP) is 1.38. The highest BCUT2D eigenvalue weighted by molar-refractivity contribution is 5.89. The van der Waals surface area contributed by atoms with E-state index in [1.807, 2.05) is 25.1 Å². The summed E-state index contributed by atoms with van der Waals surface area (Å²) in [7, 11) is 1.63. The van der Waals surface area contributed by atoms with Gasteiger partial charge < -0.3 is 15.2 Å². The van der Waals surface area contributed by atoms with Crippen molar-refractivity contribution in [1.29, 1.82) is 0 Å². The SMILES string of the molecule is COc1cc(CCNC(=O)[C@H]2C[C@H]2C(=O)O)ccc1C. The molecule has 0 aliphatic heterocycles. The molecule has 5 heteroatoms. The van der Waals surface area contributed by atoms with Crippen molar-refractivity contribution in [1.82, 2.24) is 5.32 Å². The largest absolute Gasteiger partial charge is 0.496 e. The Morgan fingerprint density at radius 3 is 2.75 bits per heavy atom. The molecule has 1 aliphatic rings. The van der Waals surface area contributed by atoms with Crippen LogP contribution in [0.4, 0.5) is 0 Å². The van der Waals surface area contributed by atoms with Gasteiger partial charge in [-0.05, 0) is 37.0 Å². The van der Waals surface area contributed by atoms with Crippen LogP contribution in [0.2, 0.25) is 0 Å². The number of amides is 1. The minimum atomic E-state index is -0.881. The molecule has 1 aromatic carbocycles. The molecule has 0 radical (unpaired) electrons. The zero-order valence-corrected chi connectivity index (χ0v) is 11.7. The fraction of sp³-hybridized carbons (Fsp3) is 0.467. The van der Waals surface area contributed by atoms with E-state index in [4.69, 9.17) is 9.84 Å². The maximum absolute atomic E-state index is 11.7. The molecule has 1 saturated carbocycles. The molecule has 0 unspecified atom stereocenters. The van der Waals surface area contributed by atoms with Gasteiger partial charge in [-0.25, -0.2) is 0 Å². The third-order valence-electron chi connectivity index (χ3n) is 3.63. The van der Waals surface area contributed by atoms with Crippen molar-refractivity contribution in [2.24, 2.45) is 11.8 Å². The van der Waals surface area contributed by atoms with E-state index in [0.717, 1.165) is 16.9 Å². The summed E-state index contributed by atoms with van der Waals surface area (Å²) in [6.07, 6.45) is 1.16. The number of nitrogens with one attached hydrogen (secondary N) is 1. The van der Waals surface area contributed by atoms with E-state index in [0.29, 0.717) is 19.4 Å². The van der Waals surface area contributed by atoms with Crippen molar-refractivity contribution in [3.05, 3.63) is 29.3 Å². The summed E-state index contributed by atoms with van der Waals surface area (Å²) in [4.78, 5) is 22.4. The first kappa shape index (κ1) is 14.4. The Morgan fingerprint density at radius 1 is 1.40 bits per heavy atom. The molecule has 1 aliphatic carbocycles. The molecule has 5 nitrogen and oxygen atoms in total. The van der Waals surface area contributed by atoms with Crippen molar-refractivity contribution in [3.63, 3.8) is 0 Å². The molecule has 20 heavy (non-hydrogen) atoms. The number of carboxylic acid groups (broad SMARTS) is 1. The summed E-state index contributed by atoms with van der Waals surface area (Å²) < 4.78 is 5.25. The Hall–Kier alpha value is -2.04. The number of hydrogen-bond acceptors (Lipinski definition) is 3. The first-order valence-corrected chi connectivity index (χ1v) is 6.67. The molecule has 0 bridgehead atoms. The molecule has 0 spiro atoms. The minimum Gasteiger partial charge on any atom is -0.496 e. The molecular formula is C15H19NO4. The van der Waals surface area contributed by atoms with Crippen LogP contribution in [-0.4, -0.2) is 30.6 Å². The summed E-state index contributed by atoms with van der Waals surface area (Å²) >= 11 is 0. The van der Waals surface area contributed by atoms with Crippen LogP contribution in [0.25, 0.3) is 0 Å². The number of carbonyl (C=O) groups is 2. The third-order valence-corrected chi connectivity index (χ3v) is 3.63. The Kier molecular flexibility index (Phi) is 4.27. The topological polar surface area (TPSA) is 75.6 Å². The molecule has 0 heterocycles. The number of hydrogen-bond donors (Lipinski definition) is 2. The molecule has 2 atom stereocenters. The lowest BCUT2D eigenvalue weighted by molar-refractivity contribution is -0.140. The zero-order chi connectivity index (χ0) is 14.7. The third kappa shape index (κ3) is 3.29. The second kappa shape index (κ2) is 5.94. The highest BCUT2D eigenvalue weighted by Crippen LogP contribution is 2.38. The van der Waals surface area contributed by atoms with Gasteiger partial charge in [-0.3, -0.25) is 9.59 Å². The lowest BCUT2D eigenvalue weighted by atomic mass is 10.1. The van der Waals surface area contributed by atoms with E-state index in [-0.39, 0.29) is 11.8 Å². The minimum absolute atomic E-state index is 0.156. The molecule has 108 valence electrons. The Bertz CT molecular complexity index is 527. The molecule has 2 N–H and O–H groups in total. The average molecular weight is 277 g/mol. The van der Waals surface area contributed by atoms with Crippen molar-refractivity contribution >= 4 is 11.9 Å². The first-order chi connectivity index (χ1) is 9.52. The second-order valence-corrected chi connectivity index (χ2v) is 5.13. The summed E-state index contributed by atoms with van der Waals surface area (Å²) in [5, 5.41) is 11.6. The van der Waals surface area contributed by atoms with Crippen molar-refractivity contribution in [3.8, 4) is 5.75 Å². The fourth-order valence-electron chi connectivity index (χ4n) is 2.24. The number of carbonyl (C=O) groups excluding carboxylic acids is 1. The standard InChI is InChI=1S/C15H19NO4/c1-9-3-4-10(7-13(9)20-2)5-6-16-14(17)11-8-12(11)15(18)19/h3-4,7,11-12H,5-6,8H2,1-2H3,(H,16,17)(H,18,19)/t11-,12+/m0/s1.